The summed E-state index contributed by atoms with van der Waals surface area (Å²) in [6.45, 7) is 0. The van der Waals surface area contributed by atoms with Gasteiger partial charge < -0.3 is 4.57 Å². The molecule has 0 saturated carbocycles. The van der Waals surface area contributed by atoms with Gasteiger partial charge in [0.15, 0.2) is 17.5 Å². The minimum absolute atomic E-state index is 0.618. The Morgan fingerprint density at radius 3 is 1.45 bits per heavy atom. The molecule has 4 heterocycles. The minimum Gasteiger partial charge on any atom is -0.309 e. The van der Waals surface area contributed by atoms with E-state index in [9.17, 15) is 0 Å². The predicted molar refractivity (Wildman–Crippen MR) is 250 cm³/mol. The maximum absolute atomic E-state index is 5.42. The molecule has 6 heteroatoms. The number of rotatable bonds is 6. The van der Waals surface area contributed by atoms with Gasteiger partial charge in [-0.15, -0.1) is 11.3 Å². The number of para-hydroxylation sites is 2. The zero-order valence-electron chi connectivity index (χ0n) is 32.2. The molecule has 12 rings (SSSR count). The number of aromatic nitrogens is 5. The summed E-state index contributed by atoms with van der Waals surface area (Å²) in [6.07, 6.45) is 0. The molecule has 0 spiro atoms. The fourth-order valence-corrected chi connectivity index (χ4v) is 9.82. The largest absolute Gasteiger partial charge is 0.309 e. The van der Waals surface area contributed by atoms with Crippen LogP contribution in [0.2, 0.25) is 0 Å². The second kappa shape index (κ2) is 13.9. The summed E-state index contributed by atoms with van der Waals surface area (Å²) in [5.41, 5.74) is 11.5. The molecule has 280 valence electrons. The molecule has 0 saturated heterocycles. The molecule has 8 aromatic carbocycles. The van der Waals surface area contributed by atoms with Crippen LogP contribution in [0.25, 0.3) is 115 Å². The highest BCUT2D eigenvalue weighted by atomic mass is 32.1. The van der Waals surface area contributed by atoms with Gasteiger partial charge in [-0.2, -0.15) is 0 Å². The Hall–Kier alpha value is -7.80. The Balaban J connectivity index is 0.945. The number of nitrogens with zero attached hydrogens (tertiary/aromatic N) is 5. The quantitative estimate of drug-likeness (QED) is 0.169. The highest BCUT2D eigenvalue weighted by Gasteiger charge is 2.19. The Morgan fingerprint density at radius 1 is 0.333 bits per heavy atom. The van der Waals surface area contributed by atoms with Gasteiger partial charge in [0.05, 0.1) is 26.9 Å². The number of fused-ring (bicyclic) bond motifs is 8. The molecule has 0 fully saturated rings. The highest BCUT2D eigenvalue weighted by Crippen LogP contribution is 2.43. The molecule has 12 aromatic rings. The maximum Gasteiger partial charge on any atom is 0.164 e. The summed E-state index contributed by atoms with van der Waals surface area (Å²) >= 11 is 1.81. The first kappa shape index (κ1) is 34.3. The van der Waals surface area contributed by atoms with Crippen LogP contribution in [0, 0.1) is 0 Å². The number of hydrogen-bond donors (Lipinski definition) is 0. The summed E-state index contributed by atoms with van der Waals surface area (Å²) in [4.78, 5) is 20.6. The van der Waals surface area contributed by atoms with Crippen molar-refractivity contribution in [3.05, 3.63) is 200 Å². The average molecular weight is 784 g/mol. The van der Waals surface area contributed by atoms with E-state index in [-0.39, 0.29) is 0 Å². The van der Waals surface area contributed by atoms with Crippen LogP contribution in [0.3, 0.4) is 0 Å². The van der Waals surface area contributed by atoms with Crippen molar-refractivity contribution in [3.8, 4) is 62.2 Å². The van der Waals surface area contributed by atoms with Gasteiger partial charge in [0.25, 0.3) is 0 Å². The van der Waals surface area contributed by atoms with E-state index in [2.05, 4.69) is 174 Å². The fraction of sp³-hybridized carbons (Fsp3) is 0. The van der Waals surface area contributed by atoms with Crippen LogP contribution in [-0.2, 0) is 0 Å². The van der Waals surface area contributed by atoms with Gasteiger partial charge in [-0.3, -0.25) is 0 Å². The number of pyridine rings is 1. The Kier molecular flexibility index (Phi) is 7.96. The van der Waals surface area contributed by atoms with Crippen LogP contribution >= 0.6 is 11.3 Å². The van der Waals surface area contributed by atoms with Gasteiger partial charge in [-0.25, -0.2) is 19.9 Å². The maximum atomic E-state index is 5.42. The van der Waals surface area contributed by atoms with E-state index in [0.717, 1.165) is 55.7 Å². The van der Waals surface area contributed by atoms with Crippen molar-refractivity contribution in [1.29, 1.82) is 0 Å². The van der Waals surface area contributed by atoms with Crippen molar-refractivity contribution in [2.75, 3.05) is 0 Å². The fourth-order valence-electron chi connectivity index (χ4n) is 8.64. The van der Waals surface area contributed by atoms with Crippen LogP contribution in [-0.4, -0.2) is 24.5 Å². The van der Waals surface area contributed by atoms with Gasteiger partial charge in [0, 0.05) is 59.6 Å². The van der Waals surface area contributed by atoms with Gasteiger partial charge in [0.2, 0.25) is 0 Å². The van der Waals surface area contributed by atoms with E-state index < -0.39 is 0 Å². The van der Waals surface area contributed by atoms with Crippen molar-refractivity contribution >= 4 is 64.2 Å². The Morgan fingerprint density at radius 2 is 0.800 bits per heavy atom. The lowest BCUT2D eigenvalue weighted by atomic mass is 9.94. The van der Waals surface area contributed by atoms with Crippen LogP contribution < -0.4 is 0 Å². The van der Waals surface area contributed by atoms with Crippen molar-refractivity contribution in [1.82, 2.24) is 24.5 Å². The van der Waals surface area contributed by atoms with E-state index in [1.54, 1.807) is 0 Å². The summed E-state index contributed by atoms with van der Waals surface area (Å²) in [6, 6.07) is 70.2. The van der Waals surface area contributed by atoms with Crippen molar-refractivity contribution in [2.45, 2.75) is 0 Å². The second-order valence-corrected chi connectivity index (χ2v) is 16.0. The minimum atomic E-state index is 0.618. The summed E-state index contributed by atoms with van der Waals surface area (Å²) in [5, 5.41) is 6.04. The molecular formula is C54H33N5S. The summed E-state index contributed by atoms with van der Waals surface area (Å²) in [7, 11) is 0. The highest BCUT2D eigenvalue weighted by molar-refractivity contribution is 7.26. The molecule has 4 aromatic heterocycles. The SMILES string of the molecule is c1ccc(-c2nc(-c3ccc(-c4ccccc4-c4nc5c6ccccc6sc5c5ccccc45)cc3)nc(-c3ccc(-n4c5ccccc5c5ccccc54)cc3)n2)cc1. The number of hydrogen-bond acceptors (Lipinski definition) is 5. The second-order valence-electron chi connectivity index (χ2n) is 15.0. The zero-order chi connectivity index (χ0) is 39.6. The molecule has 0 N–H and O–H groups in total. The molecular weight excluding hydrogens is 751 g/mol. The molecule has 0 aliphatic rings. The monoisotopic (exact) mass is 783 g/mol. The summed E-state index contributed by atoms with van der Waals surface area (Å²) < 4.78 is 4.80. The Labute approximate surface area is 349 Å². The normalized spacial score (nSPS) is 11.7. The van der Waals surface area contributed by atoms with Gasteiger partial charge in [0.1, 0.15) is 0 Å². The molecule has 0 atom stereocenters. The van der Waals surface area contributed by atoms with E-state index in [1.807, 2.05) is 41.7 Å². The van der Waals surface area contributed by atoms with Crippen molar-refractivity contribution in [2.24, 2.45) is 0 Å². The van der Waals surface area contributed by atoms with Crippen LogP contribution in [0.4, 0.5) is 0 Å². The van der Waals surface area contributed by atoms with Gasteiger partial charge >= 0.3 is 0 Å². The standard InChI is InChI=1S/C54H33N5S/c1-2-14-35(15-3-1)52-56-53(58-54(57-52)37-30-32-38(33-31-37)59-46-23-11-8-17-40(46)41-18-9-12-24-47(41)59)36-28-26-34(27-29-36)39-16-4-5-19-42(39)49-43-20-6-7-21-44(43)51-50(55-49)45-22-10-13-25-48(45)60-51/h1-33H. The third-order valence-corrected chi connectivity index (χ3v) is 12.7. The van der Waals surface area contributed by atoms with E-state index in [0.29, 0.717) is 17.5 Å². The predicted octanol–water partition coefficient (Wildman–Crippen LogP) is 14.2. The Bertz CT molecular complexity index is 3540. The van der Waals surface area contributed by atoms with E-state index >= 15 is 0 Å². The number of benzene rings is 8. The molecule has 0 bridgehead atoms. The van der Waals surface area contributed by atoms with Crippen molar-refractivity contribution < 1.29 is 0 Å². The molecule has 0 aliphatic carbocycles. The first-order valence-electron chi connectivity index (χ1n) is 20.1. The molecule has 60 heavy (non-hydrogen) atoms. The number of thiophene rings is 1. The zero-order valence-corrected chi connectivity index (χ0v) is 33.0. The topological polar surface area (TPSA) is 56.5 Å². The average Bonchev–Trinajstić information content (AvgIpc) is 3.88. The smallest absolute Gasteiger partial charge is 0.164 e. The van der Waals surface area contributed by atoms with Crippen LogP contribution in [0.1, 0.15) is 0 Å². The van der Waals surface area contributed by atoms with Crippen molar-refractivity contribution in [3.63, 3.8) is 0 Å². The van der Waals surface area contributed by atoms with E-state index in [1.165, 1.54) is 42.0 Å². The lowest BCUT2D eigenvalue weighted by molar-refractivity contribution is 1.07. The first-order valence-corrected chi connectivity index (χ1v) is 20.9. The molecule has 0 amide bonds. The van der Waals surface area contributed by atoms with Gasteiger partial charge in [-0.05, 0) is 53.6 Å². The van der Waals surface area contributed by atoms with E-state index in [4.69, 9.17) is 19.9 Å². The summed E-state index contributed by atoms with van der Waals surface area (Å²) in [5.74, 6) is 1.87. The molecule has 0 aliphatic heterocycles. The molecule has 0 radical (unpaired) electrons. The van der Waals surface area contributed by atoms with Crippen LogP contribution in [0.5, 0.6) is 0 Å². The lowest BCUT2D eigenvalue weighted by Crippen LogP contribution is -2.00. The third-order valence-electron chi connectivity index (χ3n) is 11.5. The molecule has 5 nitrogen and oxygen atoms in total. The van der Waals surface area contributed by atoms with Gasteiger partial charge in [-0.1, -0.05) is 158 Å². The molecule has 0 unspecified atom stereocenters. The lowest BCUT2D eigenvalue weighted by Gasteiger charge is -2.13. The van der Waals surface area contributed by atoms with Crippen LogP contribution in [0.15, 0.2) is 200 Å². The first-order chi connectivity index (χ1) is 29.7. The third kappa shape index (κ3) is 5.61.